The Morgan fingerprint density at radius 3 is 2.80 bits per heavy atom. The maximum Gasteiger partial charge on any atom is 0.295 e. The van der Waals surface area contributed by atoms with E-state index in [0.29, 0.717) is 16.3 Å². The molecule has 4 N–H and O–H groups in total. The molecule has 2 aliphatic heterocycles. The molecule has 208 valence electrons. The van der Waals surface area contributed by atoms with Gasteiger partial charge in [-0.3, -0.25) is 19.0 Å². The lowest BCUT2D eigenvalue weighted by atomic mass is 10.0. The summed E-state index contributed by atoms with van der Waals surface area (Å²) in [5.41, 5.74) is 5.70. The van der Waals surface area contributed by atoms with Gasteiger partial charge in [0.1, 0.15) is 29.1 Å². The van der Waals surface area contributed by atoms with Gasteiger partial charge < -0.3 is 25.8 Å². The molecule has 4 heterocycles. The van der Waals surface area contributed by atoms with Crippen LogP contribution in [0.25, 0.3) is 10.8 Å². The number of anilines is 1. The fraction of sp³-hybridized carbons (Fsp3) is 0.217. The van der Waals surface area contributed by atoms with Crippen LogP contribution in [0.5, 0.6) is 0 Å². The van der Waals surface area contributed by atoms with Crippen molar-refractivity contribution >= 4 is 72.6 Å². The van der Waals surface area contributed by atoms with E-state index in [1.165, 1.54) is 48.6 Å². The average molecular weight is 605 g/mol. The molecular weight excluding hydrogens is 584 g/mol. The zero-order chi connectivity index (χ0) is 28.8. The van der Waals surface area contributed by atoms with Crippen molar-refractivity contribution in [2.45, 2.75) is 22.9 Å². The number of thioether (sulfide) groups is 1. The van der Waals surface area contributed by atoms with Crippen molar-refractivity contribution in [3.8, 4) is 0 Å². The molecule has 0 bridgehead atoms. The number of fused-ring (bicyclic) bond motifs is 2. The normalized spacial score (nSPS) is 19.3. The molecule has 0 saturated carbocycles. The number of nitrogen functional groups attached to an aromatic ring is 1. The van der Waals surface area contributed by atoms with Gasteiger partial charge in [0.15, 0.2) is 29.8 Å². The molecule has 1 aromatic carbocycles. The number of amides is 2. The predicted molar refractivity (Wildman–Crippen MR) is 141 cm³/mol. The van der Waals surface area contributed by atoms with Crippen LogP contribution in [0.1, 0.15) is 5.69 Å². The number of rotatable bonds is 8. The molecule has 0 spiro atoms. The first-order valence-electron chi connectivity index (χ1n) is 11.4. The van der Waals surface area contributed by atoms with E-state index in [0.717, 1.165) is 16.2 Å². The molecule has 2 atom stereocenters. The van der Waals surface area contributed by atoms with Gasteiger partial charge in [-0.15, -0.1) is 23.1 Å². The Labute approximate surface area is 234 Å². The Balaban J connectivity index is 1.38. The lowest BCUT2D eigenvalue weighted by Gasteiger charge is -2.50. The van der Waals surface area contributed by atoms with Crippen molar-refractivity contribution < 1.29 is 41.9 Å². The predicted octanol–water partition coefficient (Wildman–Crippen LogP) is -1.13. The lowest BCUT2D eigenvalue weighted by molar-refractivity contribution is -0.687. The number of thiazole rings is 1. The van der Waals surface area contributed by atoms with Gasteiger partial charge in [0.25, 0.3) is 21.9 Å². The molecule has 5 rings (SSSR count). The van der Waals surface area contributed by atoms with E-state index in [4.69, 9.17) is 10.6 Å². The van der Waals surface area contributed by atoms with E-state index >= 15 is 0 Å². The molecule has 2 aliphatic rings. The van der Waals surface area contributed by atoms with Crippen LogP contribution in [0.15, 0.2) is 63.4 Å². The summed E-state index contributed by atoms with van der Waals surface area (Å²) in [6.07, 6.45) is 3.14. The van der Waals surface area contributed by atoms with Crippen LogP contribution >= 0.6 is 23.1 Å². The number of carboxylic acid groups (broad SMARTS) is 1. The van der Waals surface area contributed by atoms with Gasteiger partial charge in [-0.1, -0.05) is 11.2 Å². The molecule has 1 fully saturated rings. The molecule has 0 unspecified atom stereocenters. The molecular formula is C23H20N6O8S3. The number of carbonyl (C=O) groups excluding carboxylic acids is 3. The standard InChI is InChI=1S/C23H20N6O8S3/c1-37-27-16(14-10-39-23(24)25-14)19(30)26-17-20(31)29-18(22(32)33)12(9-38-21(17)29)8-28-6-5-13-11(7-28)3-2-4-15(13)40(34,35)36/h2-7,10,17,21H,8-9H2,1H3,(H4-,24,25,26,30,32,33,34,35,36)/b27-16-/t17-,21-/m1/s1. The Hall–Kier alpha value is -4.06. The number of oxime groups is 1. The maximum absolute atomic E-state index is 13.1. The zero-order valence-corrected chi connectivity index (χ0v) is 23.0. The van der Waals surface area contributed by atoms with Gasteiger partial charge in [-0.25, -0.2) is 9.55 Å². The molecule has 1 saturated heterocycles. The Bertz CT molecular complexity index is 1730. The van der Waals surface area contributed by atoms with Crippen LogP contribution in [0.3, 0.4) is 0 Å². The van der Waals surface area contributed by atoms with Crippen LogP contribution in [0, 0.1) is 0 Å². The fourth-order valence-electron chi connectivity index (χ4n) is 4.48. The Kier molecular flexibility index (Phi) is 7.21. The second kappa shape index (κ2) is 10.5. The van der Waals surface area contributed by atoms with E-state index in [-0.39, 0.29) is 39.4 Å². The lowest BCUT2D eigenvalue weighted by Crippen LogP contribution is -2.71. The number of hydrogen-bond donors (Lipinski definition) is 3. The van der Waals surface area contributed by atoms with Gasteiger partial charge in [-0.2, -0.15) is 8.42 Å². The molecule has 17 heteroatoms. The fourth-order valence-corrected chi connectivity index (χ4v) is 7.08. The van der Waals surface area contributed by atoms with Crippen LogP contribution in [0.2, 0.25) is 0 Å². The third kappa shape index (κ3) is 4.99. The monoisotopic (exact) mass is 604 g/mol. The first-order valence-corrected chi connectivity index (χ1v) is 14.8. The summed E-state index contributed by atoms with van der Waals surface area (Å²) >= 11 is 2.35. The van der Waals surface area contributed by atoms with Crippen LogP contribution in [-0.2, 0) is 35.9 Å². The first kappa shape index (κ1) is 27.5. The number of carboxylic acids is 1. The van der Waals surface area contributed by atoms with Crippen molar-refractivity contribution in [1.82, 2.24) is 15.2 Å². The van der Waals surface area contributed by atoms with E-state index in [1.807, 2.05) is 0 Å². The van der Waals surface area contributed by atoms with E-state index < -0.39 is 39.3 Å². The van der Waals surface area contributed by atoms with Gasteiger partial charge in [0, 0.05) is 33.5 Å². The first-order chi connectivity index (χ1) is 19.0. The minimum Gasteiger partial charge on any atom is -0.543 e. The van der Waals surface area contributed by atoms with Crippen molar-refractivity contribution in [3.63, 3.8) is 0 Å². The highest BCUT2D eigenvalue weighted by molar-refractivity contribution is 8.00. The summed E-state index contributed by atoms with van der Waals surface area (Å²) in [7, 11) is -3.20. The molecule has 0 aliphatic carbocycles. The van der Waals surface area contributed by atoms with E-state index in [1.54, 1.807) is 16.8 Å². The summed E-state index contributed by atoms with van der Waals surface area (Å²) in [6.45, 7) is 0.0613. The minimum atomic E-state index is -4.44. The molecule has 3 aromatic rings. The van der Waals surface area contributed by atoms with E-state index in [2.05, 4.69) is 15.5 Å². The topological polar surface area (TPSA) is 208 Å². The summed E-state index contributed by atoms with van der Waals surface area (Å²) in [5.74, 6) is -2.72. The summed E-state index contributed by atoms with van der Waals surface area (Å²) < 4.78 is 34.5. The van der Waals surface area contributed by atoms with Crippen molar-refractivity contribution in [1.29, 1.82) is 0 Å². The summed E-state index contributed by atoms with van der Waals surface area (Å²) in [4.78, 5) is 47.7. The number of nitrogens with one attached hydrogen (secondary N) is 1. The van der Waals surface area contributed by atoms with Crippen molar-refractivity contribution in [3.05, 3.63) is 59.0 Å². The highest BCUT2D eigenvalue weighted by Gasteiger charge is 2.53. The van der Waals surface area contributed by atoms with Crippen molar-refractivity contribution in [2.24, 2.45) is 5.16 Å². The number of benzene rings is 1. The maximum atomic E-state index is 13.1. The van der Waals surface area contributed by atoms with Crippen LogP contribution < -0.4 is 20.7 Å². The van der Waals surface area contributed by atoms with E-state index in [9.17, 15) is 32.5 Å². The summed E-state index contributed by atoms with van der Waals surface area (Å²) in [6, 6.07) is 4.86. The van der Waals surface area contributed by atoms with Gasteiger partial charge in [0.05, 0.1) is 11.7 Å². The molecule has 0 radical (unpaired) electrons. The number of nitrogens with zero attached hydrogens (tertiary/aromatic N) is 4. The zero-order valence-electron chi connectivity index (χ0n) is 20.5. The van der Waals surface area contributed by atoms with Crippen molar-refractivity contribution in [2.75, 3.05) is 18.6 Å². The quantitative estimate of drug-likeness (QED) is 0.0921. The SMILES string of the molecule is CO/N=C(\C(=O)N[C@@H]1C(=O)N2C(C(=O)[O-])=C(C[n+]3ccc4c(S(=O)(=O)O)cccc4c3)CS[C@H]12)c1csc(N)n1. The van der Waals surface area contributed by atoms with Gasteiger partial charge in [0.2, 0.25) is 0 Å². The highest BCUT2D eigenvalue weighted by atomic mass is 32.2. The molecule has 14 nitrogen and oxygen atoms in total. The second-order valence-electron chi connectivity index (χ2n) is 8.65. The number of aromatic nitrogens is 2. The minimum absolute atomic E-state index is 0.0613. The molecule has 2 aromatic heterocycles. The molecule has 40 heavy (non-hydrogen) atoms. The third-order valence-electron chi connectivity index (χ3n) is 6.18. The summed E-state index contributed by atoms with van der Waals surface area (Å²) in [5, 5.41) is 20.2. The number of aliphatic carboxylic acids is 1. The average Bonchev–Trinajstić information content (AvgIpc) is 3.34. The van der Waals surface area contributed by atoms with Gasteiger partial charge >= 0.3 is 0 Å². The molecule has 2 amide bonds. The van der Waals surface area contributed by atoms with Gasteiger partial charge in [-0.05, 0) is 12.1 Å². The smallest absolute Gasteiger partial charge is 0.295 e. The number of hydrogen-bond acceptors (Lipinski definition) is 12. The largest absolute Gasteiger partial charge is 0.543 e. The number of pyridine rings is 1. The van der Waals surface area contributed by atoms with Crippen LogP contribution in [0.4, 0.5) is 5.13 Å². The Morgan fingerprint density at radius 1 is 1.38 bits per heavy atom. The highest BCUT2D eigenvalue weighted by Crippen LogP contribution is 2.40. The van der Waals surface area contributed by atoms with Crippen LogP contribution in [-0.4, -0.2) is 70.6 Å². The number of carbonyl (C=O) groups is 3. The Morgan fingerprint density at radius 2 is 2.15 bits per heavy atom. The third-order valence-corrected chi connectivity index (χ3v) is 9.10. The second-order valence-corrected chi connectivity index (χ2v) is 12.0. The number of β-lactam (4-membered cyclic amide) rings is 1. The number of nitrogens with two attached hydrogens (primary N) is 1.